The lowest BCUT2D eigenvalue weighted by molar-refractivity contribution is 0.272. The maximum atomic E-state index is 10.9. The molecule has 1 aromatic rings. The minimum Gasteiger partial charge on any atom is -0.492 e. The average Bonchev–Trinajstić information content (AvgIpc) is 2.19. The molecule has 1 rings (SSSR count). The summed E-state index contributed by atoms with van der Waals surface area (Å²) in [6.07, 6.45) is 0. The molecule has 1 unspecified atom stereocenters. The summed E-state index contributed by atoms with van der Waals surface area (Å²) in [5.41, 5.74) is 0. The zero-order valence-corrected chi connectivity index (χ0v) is 14.0. The first kappa shape index (κ1) is 16.4. The SMILES string of the molecule is CC(COc1cc(Cl)c(Br)cc1Cl)CS(=O)(=O)Cl. The zero-order chi connectivity index (χ0) is 13.9. The molecule has 0 aliphatic heterocycles. The Labute approximate surface area is 129 Å². The highest BCUT2D eigenvalue weighted by Gasteiger charge is 2.14. The van der Waals surface area contributed by atoms with Gasteiger partial charge in [0, 0.05) is 27.1 Å². The van der Waals surface area contributed by atoms with Crippen LogP contribution in [-0.2, 0) is 9.05 Å². The molecule has 0 N–H and O–H groups in total. The lowest BCUT2D eigenvalue weighted by atomic mass is 10.2. The van der Waals surface area contributed by atoms with Crippen molar-refractivity contribution in [1.29, 1.82) is 0 Å². The Balaban J connectivity index is 2.67. The van der Waals surface area contributed by atoms with E-state index in [-0.39, 0.29) is 18.3 Å². The second-order valence-corrected chi connectivity index (χ2v) is 8.31. The van der Waals surface area contributed by atoms with Crippen molar-refractivity contribution in [3.8, 4) is 5.75 Å². The molecule has 0 saturated heterocycles. The smallest absolute Gasteiger partial charge is 0.232 e. The van der Waals surface area contributed by atoms with Gasteiger partial charge in [0.25, 0.3) is 0 Å². The summed E-state index contributed by atoms with van der Waals surface area (Å²) >= 11 is 15.1. The molecule has 0 radical (unpaired) electrons. The minimum absolute atomic E-state index is 0.156. The van der Waals surface area contributed by atoms with Gasteiger partial charge in [-0.2, -0.15) is 0 Å². The molecular weight excluding hydrogens is 386 g/mol. The molecule has 0 aliphatic carbocycles. The predicted molar refractivity (Wildman–Crippen MR) is 78.5 cm³/mol. The summed E-state index contributed by atoms with van der Waals surface area (Å²) in [6, 6.07) is 3.18. The fourth-order valence-electron chi connectivity index (χ4n) is 1.23. The number of rotatable bonds is 5. The van der Waals surface area contributed by atoms with Gasteiger partial charge in [0.2, 0.25) is 9.05 Å². The van der Waals surface area contributed by atoms with Gasteiger partial charge in [-0.05, 0) is 22.0 Å². The van der Waals surface area contributed by atoms with Gasteiger partial charge in [-0.3, -0.25) is 0 Å². The van der Waals surface area contributed by atoms with E-state index in [1.54, 1.807) is 19.1 Å². The van der Waals surface area contributed by atoms with E-state index in [1.807, 2.05) is 0 Å². The molecule has 0 aliphatic rings. The number of benzene rings is 1. The first-order valence-electron chi connectivity index (χ1n) is 4.88. The molecule has 0 heterocycles. The van der Waals surface area contributed by atoms with Crippen LogP contribution in [0.5, 0.6) is 5.75 Å². The lowest BCUT2D eigenvalue weighted by Gasteiger charge is -2.13. The van der Waals surface area contributed by atoms with E-state index in [0.29, 0.717) is 20.3 Å². The summed E-state index contributed by atoms with van der Waals surface area (Å²) in [4.78, 5) is 0. The van der Waals surface area contributed by atoms with Crippen molar-refractivity contribution in [1.82, 2.24) is 0 Å². The van der Waals surface area contributed by atoms with Gasteiger partial charge in [-0.25, -0.2) is 8.42 Å². The summed E-state index contributed by atoms with van der Waals surface area (Å²) in [5.74, 6) is 0.00542. The molecule has 102 valence electrons. The number of hydrogen-bond donors (Lipinski definition) is 0. The third kappa shape index (κ3) is 5.53. The van der Waals surface area contributed by atoms with Crippen LogP contribution in [0.4, 0.5) is 0 Å². The van der Waals surface area contributed by atoms with Crippen molar-refractivity contribution >= 4 is 58.9 Å². The summed E-state index contributed by atoms with van der Waals surface area (Å²) in [7, 11) is 1.62. The van der Waals surface area contributed by atoms with Crippen molar-refractivity contribution in [2.75, 3.05) is 12.4 Å². The van der Waals surface area contributed by atoms with Crippen molar-refractivity contribution in [2.24, 2.45) is 5.92 Å². The minimum atomic E-state index is -3.53. The zero-order valence-electron chi connectivity index (χ0n) is 9.29. The summed E-state index contributed by atoms with van der Waals surface area (Å²) in [6.45, 7) is 1.90. The Bertz CT molecular complexity index is 533. The molecule has 1 atom stereocenters. The van der Waals surface area contributed by atoms with Gasteiger partial charge >= 0.3 is 0 Å². The predicted octanol–water partition coefficient (Wildman–Crippen LogP) is 4.34. The van der Waals surface area contributed by atoms with Gasteiger partial charge in [0.05, 0.1) is 22.4 Å². The molecule has 0 spiro atoms. The third-order valence-electron chi connectivity index (χ3n) is 1.98. The molecular formula is C10H10BrCl3O3S. The van der Waals surface area contributed by atoms with Crippen molar-refractivity contribution < 1.29 is 13.2 Å². The Kier molecular flexibility index (Phi) is 6.06. The maximum absolute atomic E-state index is 10.9. The van der Waals surface area contributed by atoms with E-state index in [9.17, 15) is 8.42 Å². The van der Waals surface area contributed by atoms with Crippen LogP contribution < -0.4 is 4.74 Å². The highest BCUT2D eigenvalue weighted by atomic mass is 79.9. The van der Waals surface area contributed by atoms with Crippen LogP contribution in [0.2, 0.25) is 10.0 Å². The molecule has 0 aromatic heterocycles. The van der Waals surface area contributed by atoms with Gasteiger partial charge in [0.15, 0.2) is 0 Å². The van der Waals surface area contributed by atoms with E-state index >= 15 is 0 Å². The van der Waals surface area contributed by atoms with Crippen LogP contribution in [0.3, 0.4) is 0 Å². The van der Waals surface area contributed by atoms with Crippen LogP contribution in [-0.4, -0.2) is 20.8 Å². The largest absolute Gasteiger partial charge is 0.492 e. The van der Waals surface area contributed by atoms with Crippen LogP contribution in [0.1, 0.15) is 6.92 Å². The Morgan fingerprint density at radius 3 is 2.50 bits per heavy atom. The van der Waals surface area contributed by atoms with Gasteiger partial charge in [-0.1, -0.05) is 30.1 Å². The van der Waals surface area contributed by atoms with Crippen LogP contribution in [0, 0.1) is 5.92 Å². The Morgan fingerprint density at radius 1 is 1.33 bits per heavy atom. The third-order valence-corrected chi connectivity index (χ3v) is 4.82. The normalized spacial score (nSPS) is 13.4. The number of halogens is 4. The topological polar surface area (TPSA) is 43.4 Å². The first-order chi connectivity index (χ1) is 8.19. The van der Waals surface area contributed by atoms with Gasteiger partial charge in [-0.15, -0.1) is 0 Å². The van der Waals surface area contributed by atoms with Crippen molar-refractivity contribution in [3.63, 3.8) is 0 Å². The molecule has 0 amide bonds. The average molecular weight is 397 g/mol. The summed E-state index contributed by atoms with van der Waals surface area (Å²) in [5, 5.41) is 0.860. The maximum Gasteiger partial charge on any atom is 0.232 e. The monoisotopic (exact) mass is 394 g/mol. The molecule has 0 fully saturated rings. The van der Waals surface area contributed by atoms with E-state index in [1.165, 1.54) is 0 Å². The van der Waals surface area contributed by atoms with Crippen LogP contribution in [0.25, 0.3) is 0 Å². The fourth-order valence-corrected chi connectivity index (χ4v) is 3.50. The molecule has 18 heavy (non-hydrogen) atoms. The first-order valence-corrected chi connectivity index (χ1v) is 8.91. The van der Waals surface area contributed by atoms with E-state index in [0.717, 1.165) is 0 Å². The molecule has 0 saturated carbocycles. The van der Waals surface area contributed by atoms with Gasteiger partial charge in [0.1, 0.15) is 5.75 Å². The Morgan fingerprint density at radius 2 is 1.94 bits per heavy atom. The van der Waals surface area contributed by atoms with Crippen LogP contribution >= 0.6 is 49.8 Å². The molecule has 8 heteroatoms. The Hall–Kier alpha value is 0.320. The van der Waals surface area contributed by atoms with E-state index < -0.39 is 9.05 Å². The second-order valence-electron chi connectivity index (χ2n) is 3.82. The molecule has 0 bridgehead atoms. The van der Waals surface area contributed by atoms with Crippen molar-refractivity contribution in [2.45, 2.75) is 6.92 Å². The van der Waals surface area contributed by atoms with Crippen molar-refractivity contribution in [3.05, 3.63) is 26.7 Å². The quantitative estimate of drug-likeness (QED) is 0.549. The van der Waals surface area contributed by atoms with Crippen LogP contribution in [0.15, 0.2) is 16.6 Å². The highest BCUT2D eigenvalue weighted by Crippen LogP contribution is 2.34. The second kappa shape index (κ2) is 6.66. The van der Waals surface area contributed by atoms with Gasteiger partial charge < -0.3 is 4.74 Å². The number of hydrogen-bond acceptors (Lipinski definition) is 3. The summed E-state index contributed by atoms with van der Waals surface area (Å²) < 4.78 is 27.8. The molecule has 3 nitrogen and oxygen atoms in total. The molecule has 1 aromatic carbocycles. The lowest BCUT2D eigenvalue weighted by Crippen LogP contribution is -2.16. The highest BCUT2D eigenvalue weighted by molar-refractivity contribution is 9.10. The standard InChI is InChI=1S/C10H10BrCl3O3S/c1-6(5-18(14,15)16)4-17-10-3-8(12)7(11)2-9(10)13/h2-3,6H,4-5H2,1H3. The number of ether oxygens (including phenoxy) is 1. The van der Waals surface area contributed by atoms with E-state index in [4.69, 9.17) is 38.6 Å². The fraction of sp³-hybridized carbons (Fsp3) is 0.400. The van der Waals surface area contributed by atoms with E-state index in [2.05, 4.69) is 15.9 Å².